The Bertz CT molecular complexity index is 158. The highest BCUT2D eigenvalue weighted by Crippen LogP contribution is 2.44. The minimum atomic E-state index is -0.0501. The van der Waals surface area contributed by atoms with Gasteiger partial charge < -0.3 is 15.5 Å². The first-order valence-corrected chi connectivity index (χ1v) is 4.96. The van der Waals surface area contributed by atoms with E-state index in [1.54, 1.807) is 0 Å². The van der Waals surface area contributed by atoms with Gasteiger partial charge in [0, 0.05) is 37.1 Å². The number of hydrogen-bond acceptors (Lipinski definition) is 3. The highest BCUT2D eigenvalue weighted by atomic mass is 16.3. The lowest BCUT2D eigenvalue weighted by Gasteiger charge is -2.23. The number of rotatable bonds is 6. The molecule has 0 aliphatic heterocycles. The zero-order valence-electron chi connectivity index (χ0n) is 8.64. The number of aliphatic hydroxyl groups is 2. The molecule has 0 aromatic heterocycles. The van der Waals surface area contributed by atoms with Gasteiger partial charge in [-0.05, 0) is 12.8 Å². The van der Waals surface area contributed by atoms with Gasteiger partial charge in [-0.2, -0.15) is 0 Å². The molecule has 3 N–H and O–H groups in total. The van der Waals surface area contributed by atoms with Crippen molar-refractivity contribution in [1.82, 2.24) is 5.32 Å². The summed E-state index contributed by atoms with van der Waals surface area (Å²) >= 11 is 0. The van der Waals surface area contributed by atoms with Crippen molar-refractivity contribution in [2.45, 2.75) is 26.7 Å². The fourth-order valence-corrected chi connectivity index (χ4v) is 1.29. The highest BCUT2D eigenvalue weighted by Gasteiger charge is 2.41. The van der Waals surface area contributed by atoms with E-state index in [2.05, 4.69) is 5.32 Å². The maximum absolute atomic E-state index is 9.05. The Balaban J connectivity index is 2.14. The van der Waals surface area contributed by atoms with Gasteiger partial charge in [0.2, 0.25) is 0 Å². The van der Waals surface area contributed by atoms with Crippen molar-refractivity contribution < 1.29 is 10.2 Å². The number of aliphatic hydroxyl groups excluding tert-OH is 2. The molecule has 13 heavy (non-hydrogen) atoms. The van der Waals surface area contributed by atoms with Crippen LogP contribution in [0.25, 0.3) is 0 Å². The standard InChI is InChI=1S/C10H21NO2/c1-9(2,7-12)5-11-6-10(8-13)3-4-10/h11-13H,3-8H2,1-2H3. The first kappa shape index (κ1) is 11.0. The molecule has 0 bridgehead atoms. The van der Waals surface area contributed by atoms with E-state index in [0.29, 0.717) is 6.61 Å². The quantitative estimate of drug-likeness (QED) is 0.563. The topological polar surface area (TPSA) is 52.5 Å². The third kappa shape index (κ3) is 3.25. The molecule has 0 amide bonds. The van der Waals surface area contributed by atoms with Crippen molar-refractivity contribution in [1.29, 1.82) is 0 Å². The molecule has 0 atom stereocenters. The van der Waals surface area contributed by atoms with Crippen LogP contribution in [0.2, 0.25) is 0 Å². The summed E-state index contributed by atoms with van der Waals surface area (Å²) in [6.45, 7) is 6.24. The van der Waals surface area contributed by atoms with E-state index in [4.69, 9.17) is 10.2 Å². The number of hydrogen-bond donors (Lipinski definition) is 3. The molecule has 0 aromatic carbocycles. The van der Waals surface area contributed by atoms with Crippen molar-refractivity contribution in [2.24, 2.45) is 10.8 Å². The molecular formula is C10H21NO2. The predicted octanol–water partition coefficient (Wildman–Crippen LogP) is 0.367. The van der Waals surface area contributed by atoms with Crippen molar-refractivity contribution in [2.75, 3.05) is 26.3 Å². The second kappa shape index (κ2) is 3.95. The van der Waals surface area contributed by atoms with Crippen LogP contribution in [0.1, 0.15) is 26.7 Å². The van der Waals surface area contributed by atoms with Gasteiger partial charge in [0.05, 0.1) is 0 Å². The summed E-state index contributed by atoms with van der Waals surface area (Å²) in [4.78, 5) is 0. The van der Waals surface area contributed by atoms with Crippen LogP contribution in [-0.2, 0) is 0 Å². The van der Waals surface area contributed by atoms with E-state index in [1.807, 2.05) is 13.8 Å². The highest BCUT2D eigenvalue weighted by molar-refractivity contribution is 4.94. The molecule has 3 nitrogen and oxygen atoms in total. The van der Waals surface area contributed by atoms with Crippen LogP contribution in [0, 0.1) is 10.8 Å². The second-order valence-corrected chi connectivity index (χ2v) is 5.08. The average Bonchev–Trinajstić information content (AvgIpc) is 2.85. The van der Waals surface area contributed by atoms with Gasteiger partial charge in [-0.3, -0.25) is 0 Å². The van der Waals surface area contributed by atoms with Gasteiger partial charge in [-0.15, -0.1) is 0 Å². The molecule has 0 unspecified atom stereocenters. The van der Waals surface area contributed by atoms with E-state index in [0.717, 1.165) is 25.9 Å². The Morgan fingerprint density at radius 1 is 1.31 bits per heavy atom. The first-order valence-electron chi connectivity index (χ1n) is 4.96. The molecule has 1 rings (SSSR count). The van der Waals surface area contributed by atoms with Crippen molar-refractivity contribution in [3.63, 3.8) is 0 Å². The van der Waals surface area contributed by atoms with Crippen LogP contribution >= 0.6 is 0 Å². The Labute approximate surface area is 80.2 Å². The van der Waals surface area contributed by atoms with Crippen molar-refractivity contribution in [3.05, 3.63) is 0 Å². The molecule has 0 saturated heterocycles. The van der Waals surface area contributed by atoms with Gasteiger partial charge in [0.25, 0.3) is 0 Å². The van der Waals surface area contributed by atoms with E-state index in [9.17, 15) is 0 Å². The lowest BCUT2D eigenvalue weighted by Crippen LogP contribution is -2.36. The summed E-state index contributed by atoms with van der Waals surface area (Å²) in [6, 6.07) is 0. The average molecular weight is 187 g/mol. The number of nitrogens with one attached hydrogen (secondary N) is 1. The lowest BCUT2D eigenvalue weighted by atomic mass is 9.94. The second-order valence-electron chi connectivity index (χ2n) is 5.08. The minimum Gasteiger partial charge on any atom is -0.396 e. The summed E-state index contributed by atoms with van der Waals surface area (Å²) in [6.07, 6.45) is 2.27. The van der Waals surface area contributed by atoms with E-state index >= 15 is 0 Å². The monoisotopic (exact) mass is 187 g/mol. The molecule has 1 aliphatic rings. The van der Waals surface area contributed by atoms with Crippen LogP contribution < -0.4 is 5.32 Å². The van der Waals surface area contributed by atoms with Crippen LogP contribution in [-0.4, -0.2) is 36.5 Å². The zero-order chi connectivity index (χ0) is 9.95. The molecule has 0 aromatic rings. The molecule has 1 saturated carbocycles. The van der Waals surface area contributed by atoms with E-state index in [1.165, 1.54) is 0 Å². The van der Waals surface area contributed by atoms with Crippen molar-refractivity contribution >= 4 is 0 Å². The molecule has 0 radical (unpaired) electrons. The fraction of sp³-hybridized carbons (Fsp3) is 1.00. The normalized spacial score (nSPS) is 20.3. The third-order valence-corrected chi connectivity index (χ3v) is 2.82. The molecule has 1 fully saturated rings. The molecule has 1 aliphatic carbocycles. The molecule has 0 heterocycles. The summed E-state index contributed by atoms with van der Waals surface area (Å²) in [7, 11) is 0. The van der Waals surface area contributed by atoms with Gasteiger partial charge in [0.1, 0.15) is 0 Å². The minimum absolute atomic E-state index is 0.0501. The van der Waals surface area contributed by atoms with Crippen LogP contribution in [0.3, 0.4) is 0 Å². The van der Waals surface area contributed by atoms with Crippen LogP contribution in [0.4, 0.5) is 0 Å². The zero-order valence-corrected chi connectivity index (χ0v) is 8.64. The molecular weight excluding hydrogens is 166 g/mol. The predicted molar refractivity (Wildman–Crippen MR) is 52.5 cm³/mol. The van der Waals surface area contributed by atoms with E-state index in [-0.39, 0.29) is 17.4 Å². The summed E-state index contributed by atoms with van der Waals surface area (Å²) < 4.78 is 0. The summed E-state index contributed by atoms with van der Waals surface area (Å²) in [5.41, 5.74) is 0.122. The Hall–Kier alpha value is -0.120. The fourth-order valence-electron chi connectivity index (χ4n) is 1.29. The smallest absolute Gasteiger partial charge is 0.0499 e. The Morgan fingerprint density at radius 2 is 1.92 bits per heavy atom. The SMILES string of the molecule is CC(C)(CO)CNCC1(CO)CC1. The van der Waals surface area contributed by atoms with Crippen LogP contribution in [0.15, 0.2) is 0 Å². The summed E-state index contributed by atoms with van der Waals surface area (Å²) in [5, 5.41) is 21.4. The van der Waals surface area contributed by atoms with Gasteiger partial charge in [-0.25, -0.2) is 0 Å². The maximum Gasteiger partial charge on any atom is 0.0499 e. The largest absolute Gasteiger partial charge is 0.396 e. The molecule has 0 spiro atoms. The van der Waals surface area contributed by atoms with Gasteiger partial charge >= 0.3 is 0 Å². The first-order chi connectivity index (χ1) is 6.04. The van der Waals surface area contributed by atoms with Gasteiger partial charge in [0.15, 0.2) is 0 Å². The lowest BCUT2D eigenvalue weighted by molar-refractivity contribution is 0.149. The molecule has 78 valence electrons. The third-order valence-electron chi connectivity index (χ3n) is 2.82. The van der Waals surface area contributed by atoms with Gasteiger partial charge in [-0.1, -0.05) is 13.8 Å². The van der Waals surface area contributed by atoms with Crippen molar-refractivity contribution in [3.8, 4) is 0 Å². The van der Waals surface area contributed by atoms with E-state index < -0.39 is 0 Å². The summed E-state index contributed by atoms with van der Waals surface area (Å²) in [5.74, 6) is 0. The Morgan fingerprint density at radius 3 is 2.31 bits per heavy atom. The maximum atomic E-state index is 9.05. The Kier molecular flexibility index (Phi) is 3.33. The molecule has 3 heteroatoms. The van der Waals surface area contributed by atoms with Crippen LogP contribution in [0.5, 0.6) is 0 Å².